The normalized spacial score (nSPS) is 13.8. The van der Waals surface area contributed by atoms with Crippen molar-refractivity contribution in [1.82, 2.24) is 4.57 Å². The highest BCUT2D eigenvalue weighted by molar-refractivity contribution is 6.10. The van der Waals surface area contributed by atoms with Crippen LogP contribution in [0.3, 0.4) is 0 Å². The Balaban J connectivity index is 0.933. The van der Waals surface area contributed by atoms with E-state index in [1.165, 1.54) is 105 Å². The first kappa shape index (κ1) is 40.1. The molecular weight excluding hydrogens is 821 g/mol. The van der Waals surface area contributed by atoms with Gasteiger partial charge in [0.15, 0.2) is 0 Å². The van der Waals surface area contributed by atoms with Crippen LogP contribution in [0, 0.1) is 0 Å². The van der Waals surface area contributed by atoms with Crippen LogP contribution in [-0.4, -0.2) is 4.57 Å². The quantitative estimate of drug-likeness (QED) is 0.155. The second-order valence-corrected chi connectivity index (χ2v) is 19.7. The second kappa shape index (κ2) is 15.2. The minimum atomic E-state index is -0.163. The molecule has 2 heteroatoms. The van der Waals surface area contributed by atoms with Crippen LogP contribution in [0.15, 0.2) is 231 Å². The maximum absolute atomic E-state index is 2.45. The van der Waals surface area contributed by atoms with Gasteiger partial charge in [-0.15, -0.1) is 0 Å². The molecular formula is C66H50N2. The maximum Gasteiger partial charge on any atom is 0.0541 e. The van der Waals surface area contributed by atoms with Gasteiger partial charge < -0.3 is 9.47 Å². The van der Waals surface area contributed by atoms with Gasteiger partial charge in [-0.2, -0.15) is 0 Å². The first-order valence-electron chi connectivity index (χ1n) is 23.9. The Bertz CT molecular complexity index is 3770. The van der Waals surface area contributed by atoms with Crippen molar-refractivity contribution in [2.45, 2.75) is 38.5 Å². The van der Waals surface area contributed by atoms with Gasteiger partial charge in [-0.05, 0) is 139 Å². The van der Waals surface area contributed by atoms with Gasteiger partial charge in [-0.1, -0.05) is 191 Å². The smallest absolute Gasteiger partial charge is 0.0541 e. The molecule has 10 aromatic carbocycles. The van der Waals surface area contributed by atoms with Crippen LogP contribution in [0.25, 0.3) is 83.1 Å². The Kier molecular flexibility index (Phi) is 8.95. The summed E-state index contributed by atoms with van der Waals surface area (Å²) < 4.78 is 2.38. The Morgan fingerprint density at radius 1 is 0.324 bits per heavy atom. The monoisotopic (exact) mass is 870 g/mol. The molecule has 1 aromatic heterocycles. The predicted octanol–water partition coefficient (Wildman–Crippen LogP) is 17.9. The summed E-state index contributed by atoms with van der Waals surface area (Å²) in [5, 5.41) is 2.50. The molecule has 0 fully saturated rings. The molecule has 0 unspecified atom stereocenters. The molecule has 0 spiro atoms. The molecule has 0 amide bonds. The average Bonchev–Trinajstić information content (AvgIpc) is 3.94. The highest BCUT2D eigenvalue weighted by Gasteiger charge is 2.38. The van der Waals surface area contributed by atoms with Crippen LogP contribution >= 0.6 is 0 Å². The summed E-state index contributed by atoms with van der Waals surface area (Å²) in [6.07, 6.45) is 0. The van der Waals surface area contributed by atoms with Crippen LogP contribution in [0.5, 0.6) is 0 Å². The summed E-state index contributed by atoms with van der Waals surface area (Å²) in [6.45, 7) is 9.48. The lowest BCUT2D eigenvalue weighted by molar-refractivity contribution is 0.660. The largest absolute Gasteiger partial charge is 0.310 e. The number of para-hydroxylation sites is 3. The zero-order valence-corrected chi connectivity index (χ0v) is 38.8. The molecule has 2 aliphatic rings. The third-order valence-corrected chi connectivity index (χ3v) is 15.2. The Hall–Kier alpha value is -8.20. The number of benzene rings is 10. The molecule has 0 saturated carbocycles. The highest BCUT2D eigenvalue weighted by Crippen LogP contribution is 2.54. The van der Waals surface area contributed by atoms with Crippen LogP contribution < -0.4 is 4.90 Å². The fraction of sp³-hybridized carbons (Fsp3) is 0.0909. The van der Waals surface area contributed by atoms with Crippen molar-refractivity contribution >= 4 is 38.9 Å². The van der Waals surface area contributed by atoms with E-state index in [1.807, 2.05) is 0 Å². The van der Waals surface area contributed by atoms with Crippen molar-refractivity contribution in [1.29, 1.82) is 0 Å². The van der Waals surface area contributed by atoms with E-state index >= 15 is 0 Å². The van der Waals surface area contributed by atoms with Crippen molar-refractivity contribution in [2.75, 3.05) is 4.90 Å². The molecule has 1 heterocycles. The predicted molar refractivity (Wildman–Crippen MR) is 287 cm³/mol. The van der Waals surface area contributed by atoms with E-state index in [-0.39, 0.29) is 10.8 Å². The van der Waals surface area contributed by atoms with E-state index in [1.54, 1.807) is 0 Å². The van der Waals surface area contributed by atoms with Gasteiger partial charge in [0.1, 0.15) is 0 Å². The molecule has 0 radical (unpaired) electrons. The summed E-state index contributed by atoms with van der Waals surface area (Å²) >= 11 is 0. The van der Waals surface area contributed by atoms with E-state index in [9.17, 15) is 0 Å². The minimum Gasteiger partial charge on any atom is -0.310 e. The standard InChI is InChI=1S/C66H50N2/c1-65(2)58-25-12-8-19-50(58)52-39-33-46(42-60(52)65)44-31-37-49(38-32-44)67(61-27-14-10-21-53(61)56-24-16-23-55-51-20-9-13-26-59(51)66(3,4)64(55)56)48-35-29-43(30-36-48)45-34-40-63-57(41-45)54-22-11-15-28-62(54)68(63)47-17-6-5-7-18-47/h5-42H,1-4H3. The summed E-state index contributed by atoms with van der Waals surface area (Å²) in [7, 11) is 0. The fourth-order valence-corrected chi connectivity index (χ4v) is 11.9. The Morgan fingerprint density at radius 3 is 1.51 bits per heavy atom. The lowest BCUT2D eigenvalue weighted by Gasteiger charge is -2.30. The Labute approximate surface area is 399 Å². The van der Waals surface area contributed by atoms with Crippen LogP contribution in [0.4, 0.5) is 17.1 Å². The highest BCUT2D eigenvalue weighted by atomic mass is 15.1. The molecule has 2 nitrogen and oxygen atoms in total. The SMILES string of the molecule is CC1(C)c2ccccc2-c2ccc(-c3ccc(N(c4ccc(-c5ccc6c(c5)c5ccccc5n6-c5ccccc5)cc4)c4ccccc4-c4cccc5c4C(C)(C)c4ccccc4-5)cc3)cc21. The molecule has 68 heavy (non-hydrogen) atoms. The average molecular weight is 871 g/mol. The maximum atomic E-state index is 2.45. The summed E-state index contributed by atoms with van der Waals surface area (Å²) in [4.78, 5) is 2.45. The number of anilines is 3. The molecule has 0 saturated heterocycles. The van der Waals surface area contributed by atoms with Crippen molar-refractivity contribution in [3.8, 4) is 61.3 Å². The summed E-state index contributed by atoms with van der Waals surface area (Å²) in [5.74, 6) is 0. The van der Waals surface area contributed by atoms with Crippen molar-refractivity contribution in [3.63, 3.8) is 0 Å². The minimum absolute atomic E-state index is 0.0606. The van der Waals surface area contributed by atoms with E-state index in [2.05, 4.69) is 268 Å². The lowest BCUT2D eigenvalue weighted by atomic mass is 9.78. The summed E-state index contributed by atoms with van der Waals surface area (Å²) in [5.41, 5.74) is 24.9. The number of rotatable bonds is 7. The third-order valence-electron chi connectivity index (χ3n) is 15.2. The van der Waals surface area contributed by atoms with E-state index in [0.29, 0.717) is 0 Å². The van der Waals surface area contributed by atoms with Gasteiger partial charge in [0.2, 0.25) is 0 Å². The van der Waals surface area contributed by atoms with Crippen LogP contribution in [0.2, 0.25) is 0 Å². The molecule has 324 valence electrons. The van der Waals surface area contributed by atoms with Gasteiger partial charge in [-0.25, -0.2) is 0 Å². The van der Waals surface area contributed by atoms with Gasteiger partial charge >= 0.3 is 0 Å². The molecule has 13 rings (SSSR count). The Morgan fingerprint density at radius 2 is 0.809 bits per heavy atom. The second-order valence-electron chi connectivity index (χ2n) is 19.7. The van der Waals surface area contributed by atoms with E-state index in [4.69, 9.17) is 0 Å². The van der Waals surface area contributed by atoms with Gasteiger partial charge in [-0.3, -0.25) is 0 Å². The molecule has 0 atom stereocenters. The van der Waals surface area contributed by atoms with Gasteiger partial charge in [0.25, 0.3) is 0 Å². The number of aromatic nitrogens is 1. The first-order chi connectivity index (χ1) is 33.3. The molecule has 0 bridgehead atoms. The van der Waals surface area contributed by atoms with Crippen LogP contribution in [-0.2, 0) is 10.8 Å². The number of hydrogen-bond acceptors (Lipinski definition) is 1. The number of fused-ring (bicyclic) bond motifs is 9. The zero-order valence-electron chi connectivity index (χ0n) is 38.8. The molecule has 0 N–H and O–H groups in total. The van der Waals surface area contributed by atoms with Crippen molar-refractivity contribution in [2.24, 2.45) is 0 Å². The fourth-order valence-electron chi connectivity index (χ4n) is 11.9. The zero-order chi connectivity index (χ0) is 45.7. The molecule has 0 aliphatic heterocycles. The van der Waals surface area contributed by atoms with Gasteiger partial charge in [0.05, 0.1) is 16.7 Å². The summed E-state index contributed by atoms with van der Waals surface area (Å²) in [6, 6.07) is 85.5. The lowest BCUT2D eigenvalue weighted by Crippen LogP contribution is -2.17. The third kappa shape index (κ3) is 6.03. The number of hydrogen-bond donors (Lipinski definition) is 0. The molecule has 11 aromatic rings. The van der Waals surface area contributed by atoms with Crippen LogP contribution in [0.1, 0.15) is 49.9 Å². The van der Waals surface area contributed by atoms with Gasteiger partial charge in [0, 0.05) is 44.2 Å². The first-order valence-corrected chi connectivity index (χ1v) is 23.9. The number of nitrogens with zero attached hydrogens (tertiary/aromatic N) is 2. The topological polar surface area (TPSA) is 8.17 Å². The van der Waals surface area contributed by atoms with E-state index < -0.39 is 0 Å². The molecule has 2 aliphatic carbocycles. The van der Waals surface area contributed by atoms with E-state index in [0.717, 1.165) is 17.1 Å². The van der Waals surface area contributed by atoms with Crippen molar-refractivity contribution < 1.29 is 0 Å². The van der Waals surface area contributed by atoms with Crippen molar-refractivity contribution in [3.05, 3.63) is 253 Å².